The first-order valence-electron chi connectivity index (χ1n) is 14.3. The average Bonchev–Trinajstić information content (AvgIpc) is 3.00. The van der Waals surface area contributed by atoms with Gasteiger partial charge < -0.3 is 15.1 Å². The summed E-state index contributed by atoms with van der Waals surface area (Å²) in [5, 5.41) is 3.47. The molecule has 5 rings (SSSR count). The van der Waals surface area contributed by atoms with Gasteiger partial charge in [-0.3, -0.25) is 9.78 Å². The summed E-state index contributed by atoms with van der Waals surface area (Å²) in [5.41, 5.74) is 3.35. The third-order valence-electron chi connectivity index (χ3n) is 8.79. The normalized spacial score (nSPS) is 17.6. The second kappa shape index (κ2) is 12.5. The fraction of sp³-hybridized carbons (Fsp3) is 0.394. The Morgan fingerprint density at radius 3 is 2.15 bits per heavy atom. The molecule has 1 aliphatic heterocycles. The molecule has 1 saturated heterocycles. The number of nitrogens with zero attached hydrogens (tertiary/aromatic N) is 3. The van der Waals surface area contributed by atoms with Gasteiger partial charge in [-0.2, -0.15) is 13.2 Å². The third-order valence-corrected chi connectivity index (χ3v) is 8.79. The van der Waals surface area contributed by atoms with E-state index in [0.717, 1.165) is 67.8 Å². The number of nitrogens with one attached hydrogen (secondary N) is 1. The predicted octanol–water partition coefficient (Wildman–Crippen LogP) is 7.22. The van der Waals surface area contributed by atoms with Crippen molar-refractivity contribution in [2.24, 2.45) is 5.41 Å². The predicted molar refractivity (Wildman–Crippen MR) is 157 cm³/mol. The molecule has 1 spiro atoms. The van der Waals surface area contributed by atoms with Gasteiger partial charge in [0.05, 0.1) is 5.56 Å². The monoisotopic (exact) mass is 562 g/mol. The molecule has 1 amide bonds. The van der Waals surface area contributed by atoms with Crippen LogP contribution in [0.2, 0.25) is 0 Å². The zero-order chi connectivity index (χ0) is 28.9. The Bertz CT molecular complexity index is 1310. The summed E-state index contributed by atoms with van der Waals surface area (Å²) < 4.78 is 38.9. The number of hydrogen-bond donors (Lipinski definition) is 1. The van der Waals surface area contributed by atoms with Gasteiger partial charge in [-0.25, -0.2) is 0 Å². The lowest BCUT2D eigenvalue weighted by molar-refractivity contribution is -0.137. The Labute approximate surface area is 240 Å². The molecule has 1 N–H and O–H groups in total. The van der Waals surface area contributed by atoms with Crippen LogP contribution in [0.5, 0.6) is 0 Å². The maximum absolute atomic E-state index is 13.6. The summed E-state index contributed by atoms with van der Waals surface area (Å²) in [6, 6.07) is 17.2. The quantitative estimate of drug-likeness (QED) is 0.309. The number of aromatic nitrogens is 1. The lowest BCUT2D eigenvalue weighted by Gasteiger charge is -2.45. The van der Waals surface area contributed by atoms with Crippen LogP contribution in [0, 0.1) is 5.41 Å². The third kappa shape index (κ3) is 7.17. The molecule has 3 aromatic rings. The van der Waals surface area contributed by atoms with Crippen LogP contribution in [0.4, 0.5) is 24.5 Å². The highest BCUT2D eigenvalue weighted by Gasteiger charge is 2.38. The van der Waals surface area contributed by atoms with E-state index in [1.807, 2.05) is 24.1 Å². The molecule has 0 radical (unpaired) electrons. The van der Waals surface area contributed by atoms with Crippen molar-refractivity contribution in [3.63, 3.8) is 0 Å². The van der Waals surface area contributed by atoms with Crippen LogP contribution >= 0.6 is 0 Å². The minimum absolute atomic E-state index is 0.117. The SMILES string of the molecule is CN(c1ccncc1)c1ccc(CN(C(=O)/C=C/c2ccc(C(F)(F)F)cc2)C2CCC3(CCNCC3)CC2)cc1. The Hall–Kier alpha value is -3.65. The molecule has 1 aromatic heterocycles. The van der Waals surface area contributed by atoms with Gasteiger partial charge in [0.1, 0.15) is 0 Å². The van der Waals surface area contributed by atoms with Crippen molar-refractivity contribution in [3.8, 4) is 0 Å². The molecule has 0 unspecified atom stereocenters. The summed E-state index contributed by atoms with van der Waals surface area (Å²) in [6.45, 7) is 2.60. The van der Waals surface area contributed by atoms with Gasteiger partial charge in [0, 0.05) is 49.5 Å². The van der Waals surface area contributed by atoms with Gasteiger partial charge in [-0.15, -0.1) is 0 Å². The van der Waals surface area contributed by atoms with Gasteiger partial charge in [0.25, 0.3) is 0 Å². The Kier molecular flexibility index (Phi) is 8.78. The van der Waals surface area contributed by atoms with E-state index in [0.29, 0.717) is 17.5 Å². The molecule has 0 bridgehead atoms. The maximum Gasteiger partial charge on any atom is 0.416 e. The first-order chi connectivity index (χ1) is 19.7. The fourth-order valence-electron chi connectivity index (χ4n) is 6.16. The van der Waals surface area contributed by atoms with Crippen LogP contribution < -0.4 is 10.2 Å². The number of piperidine rings is 1. The minimum atomic E-state index is -4.38. The number of carbonyl (C=O) groups excluding carboxylic acids is 1. The number of amides is 1. The Balaban J connectivity index is 1.32. The molecular formula is C33H37F3N4O. The van der Waals surface area contributed by atoms with Crippen LogP contribution in [0.1, 0.15) is 55.2 Å². The zero-order valence-electron chi connectivity index (χ0n) is 23.4. The van der Waals surface area contributed by atoms with Crippen molar-refractivity contribution in [3.05, 3.63) is 95.8 Å². The standard InChI is InChI=1S/C33H37F3N4O/c1-39(29-14-20-37-21-15-29)28-9-4-26(5-10-28)24-40(30-12-16-32(17-13-30)18-22-38-23-19-32)31(41)11-6-25-2-7-27(8-3-25)33(34,35)36/h2-11,14-15,20-21,30,38H,12-13,16-19,22-24H2,1H3/b11-6+. The lowest BCUT2D eigenvalue weighted by atomic mass is 9.67. The Morgan fingerprint density at radius 1 is 0.927 bits per heavy atom. The molecule has 2 aliphatic rings. The molecule has 2 fully saturated rings. The van der Waals surface area contributed by atoms with Gasteiger partial charge in [0.15, 0.2) is 0 Å². The highest BCUT2D eigenvalue weighted by atomic mass is 19.4. The van der Waals surface area contributed by atoms with Crippen LogP contribution in [-0.2, 0) is 17.5 Å². The highest BCUT2D eigenvalue weighted by Crippen LogP contribution is 2.44. The van der Waals surface area contributed by atoms with E-state index in [-0.39, 0.29) is 11.9 Å². The maximum atomic E-state index is 13.6. The number of alkyl halides is 3. The van der Waals surface area contributed by atoms with E-state index in [2.05, 4.69) is 39.5 Å². The van der Waals surface area contributed by atoms with Crippen molar-refractivity contribution < 1.29 is 18.0 Å². The largest absolute Gasteiger partial charge is 0.416 e. The van der Waals surface area contributed by atoms with E-state index >= 15 is 0 Å². The number of halogens is 3. The van der Waals surface area contributed by atoms with Crippen molar-refractivity contribution in [2.45, 2.75) is 57.3 Å². The highest BCUT2D eigenvalue weighted by molar-refractivity contribution is 5.92. The van der Waals surface area contributed by atoms with Gasteiger partial charge in [0.2, 0.25) is 5.91 Å². The molecule has 8 heteroatoms. The number of pyridine rings is 1. The van der Waals surface area contributed by atoms with E-state index < -0.39 is 11.7 Å². The first-order valence-corrected chi connectivity index (χ1v) is 14.3. The molecule has 1 saturated carbocycles. The second-order valence-electron chi connectivity index (χ2n) is 11.3. The van der Waals surface area contributed by atoms with Crippen molar-refractivity contribution >= 4 is 23.4 Å². The number of carbonyl (C=O) groups is 1. The second-order valence-corrected chi connectivity index (χ2v) is 11.3. The fourth-order valence-corrected chi connectivity index (χ4v) is 6.16. The summed E-state index contributed by atoms with van der Waals surface area (Å²) in [4.78, 5) is 21.7. The van der Waals surface area contributed by atoms with Crippen molar-refractivity contribution in [1.29, 1.82) is 0 Å². The number of anilines is 2. The van der Waals surface area contributed by atoms with Gasteiger partial charge in [-0.05, 0) is 111 Å². The number of benzene rings is 2. The van der Waals surface area contributed by atoms with Crippen molar-refractivity contribution in [2.75, 3.05) is 25.0 Å². The molecule has 2 heterocycles. The number of hydrogen-bond acceptors (Lipinski definition) is 4. The summed E-state index contributed by atoms with van der Waals surface area (Å²) in [5.74, 6) is -0.117. The van der Waals surface area contributed by atoms with E-state index in [9.17, 15) is 18.0 Å². The molecule has 216 valence electrons. The minimum Gasteiger partial charge on any atom is -0.345 e. The molecule has 0 atom stereocenters. The van der Waals surface area contributed by atoms with E-state index in [1.165, 1.54) is 31.1 Å². The van der Waals surface area contributed by atoms with Crippen LogP contribution in [-0.4, -0.2) is 42.0 Å². The Morgan fingerprint density at radius 2 is 1.54 bits per heavy atom. The topological polar surface area (TPSA) is 48.5 Å². The number of rotatable bonds is 7. The smallest absolute Gasteiger partial charge is 0.345 e. The lowest BCUT2D eigenvalue weighted by Crippen LogP contribution is -2.46. The molecule has 2 aromatic carbocycles. The average molecular weight is 563 g/mol. The molecule has 5 nitrogen and oxygen atoms in total. The van der Waals surface area contributed by atoms with Gasteiger partial charge >= 0.3 is 6.18 Å². The molecule has 1 aliphatic carbocycles. The van der Waals surface area contributed by atoms with Crippen LogP contribution in [0.3, 0.4) is 0 Å². The molecular weight excluding hydrogens is 525 g/mol. The van der Waals surface area contributed by atoms with Crippen LogP contribution in [0.15, 0.2) is 79.1 Å². The van der Waals surface area contributed by atoms with Crippen molar-refractivity contribution in [1.82, 2.24) is 15.2 Å². The first kappa shape index (κ1) is 28.9. The van der Waals surface area contributed by atoms with E-state index in [4.69, 9.17) is 0 Å². The summed E-state index contributed by atoms with van der Waals surface area (Å²) in [6.07, 6.45) is 8.78. The summed E-state index contributed by atoms with van der Waals surface area (Å²) in [7, 11) is 2.00. The zero-order valence-corrected chi connectivity index (χ0v) is 23.4. The van der Waals surface area contributed by atoms with Crippen LogP contribution in [0.25, 0.3) is 6.08 Å². The van der Waals surface area contributed by atoms with Gasteiger partial charge in [-0.1, -0.05) is 24.3 Å². The molecule has 41 heavy (non-hydrogen) atoms. The summed E-state index contributed by atoms with van der Waals surface area (Å²) >= 11 is 0. The van der Waals surface area contributed by atoms with E-state index in [1.54, 1.807) is 18.5 Å².